The van der Waals surface area contributed by atoms with Gasteiger partial charge in [-0.3, -0.25) is 9.69 Å². The smallest absolute Gasteiger partial charge is 0.256 e. The van der Waals surface area contributed by atoms with Gasteiger partial charge in [-0.05, 0) is 19.1 Å². The minimum absolute atomic E-state index is 0.000146. The van der Waals surface area contributed by atoms with E-state index in [1.54, 1.807) is 11.0 Å². The molecule has 0 aliphatic carbocycles. The number of hydrogen-bond donors (Lipinski definition) is 1. The lowest BCUT2D eigenvalue weighted by Gasteiger charge is -2.37. The molecule has 7 heteroatoms. The number of piperazine rings is 1. The van der Waals surface area contributed by atoms with Crippen molar-refractivity contribution in [2.75, 3.05) is 26.2 Å². The molecule has 2 N–H and O–H groups in total. The number of nitrogens with two attached hydrogens (primary N) is 1. The van der Waals surface area contributed by atoms with Crippen molar-refractivity contribution in [1.82, 2.24) is 9.80 Å². The molecule has 1 aromatic carbocycles. The van der Waals surface area contributed by atoms with Crippen molar-refractivity contribution in [3.8, 4) is 0 Å². The van der Waals surface area contributed by atoms with Gasteiger partial charge in [0.1, 0.15) is 0 Å². The second-order valence-corrected chi connectivity index (χ2v) is 5.89. The molecule has 1 aliphatic rings. The first-order chi connectivity index (χ1) is 9.91. The predicted molar refractivity (Wildman–Crippen MR) is 85.1 cm³/mol. The summed E-state index contributed by atoms with van der Waals surface area (Å²) in [4.78, 5) is 16.5. The summed E-state index contributed by atoms with van der Waals surface area (Å²) in [6.45, 7) is 4.28. The highest BCUT2D eigenvalue weighted by atomic mass is 35.5. The summed E-state index contributed by atoms with van der Waals surface area (Å²) in [6.07, 6.45) is 0. The van der Waals surface area contributed by atoms with Crippen molar-refractivity contribution in [3.05, 3.63) is 34.6 Å². The summed E-state index contributed by atoms with van der Waals surface area (Å²) in [5.74, 6) is -0.999. The van der Waals surface area contributed by atoms with Gasteiger partial charge in [0.2, 0.25) is 0 Å². The number of rotatable bonds is 3. The van der Waals surface area contributed by atoms with Crippen molar-refractivity contribution in [2.24, 2.45) is 5.73 Å². The number of benzene rings is 1. The van der Waals surface area contributed by atoms with E-state index in [9.17, 15) is 9.18 Å². The third kappa shape index (κ3) is 3.51. The minimum atomic E-state index is -0.664. The molecule has 2 rings (SSSR count). The van der Waals surface area contributed by atoms with Crippen LogP contribution in [0.25, 0.3) is 0 Å². The fraction of sp³-hybridized carbons (Fsp3) is 0.429. The van der Waals surface area contributed by atoms with E-state index < -0.39 is 5.82 Å². The summed E-state index contributed by atoms with van der Waals surface area (Å²) in [5, 5.41) is -0.0402. The number of nitrogens with zero attached hydrogens (tertiary/aromatic N) is 2. The summed E-state index contributed by atoms with van der Waals surface area (Å²) in [7, 11) is 0. The van der Waals surface area contributed by atoms with Crippen LogP contribution < -0.4 is 5.73 Å². The van der Waals surface area contributed by atoms with E-state index in [1.165, 1.54) is 12.1 Å². The maximum absolute atomic E-state index is 13.9. The number of amides is 1. The van der Waals surface area contributed by atoms with E-state index in [-0.39, 0.29) is 22.5 Å². The van der Waals surface area contributed by atoms with Gasteiger partial charge >= 0.3 is 0 Å². The Bertz CT molecular complexity index is 561. The molecular formula is C14H17ClFN3OS. The average Bonchev–Trinajstić information content (AvgIpc) is 2.48. The third-order valence-corrected chi connectivity index (χ3v) is 4.38. The van der Waals surface area contributed by atoms with Crippen molar-refractivity contribution in [1.29, 1.82) is 0 Å². The lowest BCUT2D eigenvalue weighted by atomic mass is 10.1. The molecule has 21 heavy (non-hydrogen) atoms. The third-order valence-electron chi connectivity index (χ3n) is 3.74. The normalized spacial score (nSPS) is 17.6. The molecule has 0 radical (unpaired) electrons. The van der Waals surface area contributed by atoms with E-state index in [0.29, 0.717) is 31.2 Å². The van der Waals surface area contributed by atoms with E-state index in [4.69, 9.17) is 29.6 Å². The van der Waals surface area contributed by atoms with Crippen LogP contribution in [0.5, 0.6) is 0 Å². The first-order valence-corrected chi connectivity index (χ1v) is 7.47. The molecule has 0 spiro atoms. The van der Waals surface area contributed by atoms with Gasteiger partial charge in [0, 0.05) is 26.2 Å². The van der Waals surface area contributed by atoms with Crippen molar-refractivity contribution >= 4 is 34.7 Å². The Kier molecular flexibility index (Phi) is 5.13. The van der Waals surface area contributed by atoms with Gasteiger partial charge in [-0.1, -0.05) is 29.9 Å². The maximum atomic E-state index is 13.9. The highest BCUT2D eigenvalue weighted by molar-refractivity contribution is 7.80. The SMILES string of the molecule is CC(C(N)=S)N1CCN(C(=O)c2cccc(Cl)c2F)CC1. The zero-order valence-electron chi connectivity index (χ0n) is 11.7. The second-order valence-electron chi connectivity index (χ2n) is 5.01. The zero-order valence-corrected chi connectivity index (χ0v) is 13.3. The highest BCUT2D eigenvalue weighted by Gasteiger charge is 2.27. The van der Waals surface area contributed by atoms with Crippen LogP contribution in [0.3, 0.4) is 0 Å². The monoisotopic (exact) mass is 329 g/mol. The molecule has 1 unspecified atom stereocenters. The number of halogens is 2. The lowest BCUT2D eigenvalue weighted by Crippen LogP contribution is -2.54. The van der Waals surface area contributed by atoms with Crippen molar-refractivity contribution in [2.45, 2.75) is 13.0 Å². The van der Waals surface area contributed by atoms with Gasteiger partial charge in [0.25, 0.3) is 5.91 Å². The predicted octanol–water partition coefficient (Wildman–Crippen LogP) is 1.91. The molecule has 1 aliphatic heterocycles. The molecule has 1 saturated heterocycles. The highest BCUT2D eigenvalue weighted by Crippen LogP contribution is 2.20. The zero-order chi connectivity index (χ0) is 15.6. The first kappa shape index (κ1) is 16.1. The number of carbonyl (C=O) groups excluding carboxylic acids is 1. The van der Waals surface area contributed by atoms with Crippen LogP contribution in [0, 0.1) is 5.82 Å². The van der Waals surface area contributed by atoms with Crippen LogP contribution in [0.2, 0.25) is 5.02 Å². The Morgan fingerprint density at radius 2 is 2.00 bits per heavy atom. The summed E-state index contributed by atoms with van der Waals surface area (Å²) >= 11 is 10.7. The van der Waals surface area contributed by atoms with Crippen LogP contribution in [0.4, 0.5) is 4.39 Å². The van der Waals surface area contributed by atoms with E-state index in [0.717, 1.165) is 0 Å². The van der Waals surface area contributed by atoms with Crippen LogP contribution in [-0.2, 0) is 0 Å². The number of hydrogen-bond acceptors (Lipinski definition) is 3. The van der Waals surface area contributed by atoms with E-state index in [2.05, 4.69) is 4.90 Å². The van der Waals surface area contributed by atoms with Gasteiger partial charge in [0.05, 0.1) is 21.6 Å². The van der Waals surface area contributed by atoms with Crippen LogP contribution in [-0.4, -0.2) is 52.9 Å². The summed E-state index contributed by atoms with van der Waals surface area (Å²) in [6, 6.07) is 4.45. The number of carbonyl (C=O) groups is 1. The Labute approximate surface area is 133 Å². The molecule has 0 bridgehead atoms. The molecule has 1 atom stereocenters. The molecule has 0 aromatic heterocycles. The molecule has 1 heterocycles. The maximum Gasteiger partial charge on any atom is 0.256 e. The Morgan fingerprint density at radius 3 is 2.57 bits per heavy atom. The van der Waals surface area contributed by atoms with E-state index in [1.807, 2.05) is 6.92 Å². The Morgan fingerprint density at radius 1 is 1.38 bits per heavy atom. The molecular weight excluding hydrogens is 313 g/mol. The average molecular weight is 330 g/mol. The summed E-state index contributed by atoms with van der Waals surface area (Å²) < 4.78 is 13.9. The van der Waals surface area contributed by atoms with Gasteiger partial charge in [-0.25, -0.2) is 4.39 Å². The molecule has 0 saturated carbocycles. The minimum Gasteiger partial charge on any atom is -0.392 e. The molecule has 1 amide bonds. The largest absolute Gasteiger partial charge is 0.392 e. The molecule has 4 nitrogen and oxygen atoms in total. The van der Waals surface area contributed by atoms with Crippen LogP contribution in [0.15, 0.2) is 18.2 Å². The lowest BCUT2D eigenvalue weighted by molar-refractivity contribution is 0.0617. The van der Waals surface area contributed by atoms with Gasteiger partial charge in [0.15, 0.2) is 5.82 Å². The quantitative estimate of drug-likeness (QED) is 0.861. The fourth-order valence-corrected chi connectivity index (χ4v) is 2.66. The molecule has 1 aromatic rings. The van der Waals surface area contributed by atoms with Crippen LogP contribution >= 0.6 is 23.8 Å². The standard InChI is InChI=1S/C14H17ClFN3OS/c1-9(13(17)21)18-5-7-19(8-6-18)14(20)10-3-2-4-11(15)12(10)16/h2-4,9H,5-8H2,1H3,(H2,17,21). The first-order valence-electron chi connectivity index (χ1n) is 6.68. The number of thiocarbonyl (C=S) groups is 1. The van der Waals surface area contributed by atoms with Crippen molar-refractivity contribution in [3.63, 3.8) is 0 Å². The molecule has 1 fully saturated rings. The van der Waals surface area contributed by atoms with Gasteiger partial charge in [-0.2, -0.15) is 0 Å². The fourth-order valence-electron chi connectivity index (χ4n) is 2.33. The Balaban J connectivity index is 2.04. The van der Waals surface area contributed by atoms with Gasteiger partial charge in [-0.15, -0.1) is 0 Å². The van der Waals surface area contributed by atoms with Crippen LogP contribution in [0.1, 0.15) is 17.3 Å². The van der Waals surface area contributed by atoms with E-state index >= 15 is 0 Å². The molecule has 114 valence electrons. The topological polar surface area (TPSA) is 49.6 Å². The van der Waals surface area contributed by atoms with Gasteiger partial charge < -0.3 is 10.6 Å². The second kappa shape index (κ2) is 6.68. The summed E-state index contributed by atoms with van der Waals surface area (Å²) in [5.41, 5.74) is 5.65. The van der Waals surface area contributed by atoms with Crippen molar-refractivity contribution < 1.29 is 9.18 Å². The Hall–Kier alpha value is -1.24.